The number of carbonyl (C=O) groups is 1. The molecule has 22 heavy (non-hydrogen) atoms. The van der Waals surface area contributed by atoms with Gasteiger partial charge in [0.25, 0.3) is 5.91 Å². The highest BCUT2D eigenvalue weighted by Gasteiger charge is 2.06. The summed E-state index contributed by atoms with van der Waals surface area (Å²) in [7, 11) is 0. The molecule has 0 aliphatic heterocycles. The van der Waals surface area contributed by atoms with Crippen LogP contribution in [0.5, 0.6) is 0 Å². The number of halogens is 1. The predicted molar refractivity (Wildman–Crippen MR) is 87.8 cm³/mol. The van der Waals surface area contributed by atoms with Crippen LogP contribution in [-0.2, 0) is 4.79 Å². The van der Waals surface area contributed by atoms with E-state index < -0.39 is 0 Å². The topological polar surface area (TPSA) is 32.3 Å². The number of nitrogens with one attached hydrogen (secondary N) is 1. The van der Waals surface area contributed by atoms with E-state index in [-0.39, 0.29) is 11.7 Å². The fourth-order valence-corrected chi connectivity index (χ4v) is 2.00. The van der Waals surface area contributed by atoms with Crippen molar-refractivity contribution in [1.29, 1.82) is 0 Å². The molecule has 2 rings (SSSR count). The summed E-state index contributed by atoms with van der Waals surface area (Å²) in [6.07, 6.45) is 2.98. The molecule has 0 aromatic heterocycles. The van der Waals surface area contributed by atoms with Gasteiger partial charge in [0.15, 0.2) is 0 Å². The maximum atomic E-state index is 13.1. The van der Waals surface area contributed by atoms with Crippen LogP contribution in [0.2, 0.25) is 0 Å². The average molecular weight is 298 g/mol. The predicted octanol–water partition coefficient (Wildman–Crippen LogP) is 3.71. The zero-order valence-corrected chi connectivity index (χ0v) is 12.7. The van der Waals surface area contributed by atoms with Gasteiger partial charge < -0.3 is 0 Å². The fourth-order valence-electron chi connectivity index (χ4n) is 2.00. The highest BCUT2D eigenvalue weighted by Crippen LogP contribution is 2.13. The van der Waals surface area contributed by atoms with Gasteiger partial charge in [0, 0.05) is 12.6 Å². The SMILES string of the molecule is CCN(NC(=O)/C=C/c1cccc(F)c1)c1ccc(C)cc1. The van der Waals surface area contributed by atoms with Crippen molar-refractivity contribution in [2.75, 3.05) is 11.6 Å². The highest BCUT2D eigenvalue weighted by molar-refractivity contribution is 5.92. The van der Waals surface area contributed by atoms with Crippen LogP contribution in [-0.4, -0.2) is 12.5 Å². The van der Waals surface area contributed by atoms with Crippen LogP contribution < -0.4 is 10.4 Å². The lowest BCUT2D eigenvalue weighted by Gasteiger charge is -2.23. The van der Waals surface area contributed by atoms with E-state index in [0.717, 1.165) is 11.3 Å². The largest absolute Gasteiger partial charge is 0.286 e. The van der Waals surface area contributed by atoms with Crippen LogP contribution in [0.1, 0.15) is 18.1 Å². The monoisotopic (exact) mass is 298 g/mol. The second-order valence-corrected chi connectivity index (χ2v) is 4.94. The summed E-state index contributed by atoms with van der Waals surface area (Å²) in [6, 6.07) is 14.0. The molecule has 2 aromatic rings. The van der Waals surface area contributed by atoms with E-state index in [4.69, 9.17) is 0 Å². The lowest BCUT2D eigenvalue weighted by atomic mass is 10.2. The van der Waals surface area contributed by atoms with Gasteiger partial charge in [-0.25, -0.2) is 4.39 Å². The first-order chi connectivity index (χ1) is 10.6. The summed E-state index contributed by atoms with van der Waals surface area (Å²) >= 11 is 0. The summed E-state index contributed by atoms with van der Waals surface area (Å²) in [5.74, 6) is -0.580. The van der Waals surface area contributed by atoms with E-state index in [9.17, 15) is 9.18 Å². The quantitative estimate of drug-likeness (QED) is 0.674. The minimum absolute atomic E-state index is 0.258. The number of hydrogen-bond acceptors (Lipinski definition) is 2. The van der Waals surface area contributed by atoms with Gasteiger partial charge in [-0.1, -0.05) is 29.8 Å². The van der Waals surface area contributed by atoms with Gasteiger partial charge in [-0.15, -0.1) is 0 Å². The Balaban J connectivity index is 2.01. The molecule has 4 heteroatoms. The van der Waals surface area contributed by atoms with Crippen LogP contribution in [0.4, 0.5) is 10.1 Å². The number of rotatable bonds is 5. The number of hydrazine groups is 1. The zero-order chi connectivity index (χ0) is 15.9. The molecule has 3 nitrogen and oxygen atoms in total. The molecule has 0 heterocycles. The van der Waals surface area contributed by atoms with Gasteiger partial charge in [-0.3, -0.25) is 15.2 Å². The average Bonchev–Trinajstić information content (AvgIpc) is 2.52. The molecule has 0 spiro atoms. The van der Waals surface area contributed by atoms with Crippen LogP contribution in [0.15, 0.2) is 54.6 Å². The summed E-state index contributed by atoms with van der Waals surface area (Å²) in [4.78, 5) is 12.0. The lowest BCUT2D eigenvalue weighted by molar-refractivity contribution is -0.116. The Bertz CT molecular complexity index is 665. The van der Waals surface area contributed by atoms with E-state index >= 15 is 0 Å². The first kappa shape index (κ1) is 15.8. The molecular weight excluding hydrogens is 279 g/mol. The number of aryl methyl sites for hydroxylation is 1. The standard InChI is InChI=1S/C18H19FN2O/c1-3-21(17-10-7-14(2)8-11-17)20-18(22)12-9-15-5-4-6-16(19)13-15/h4-13H,3H2,1-2H3,(H,20,22)/b12-9+. The Kier molecular flexibility index (Phi) is 5.31. The number of anilines is 1. The molecule has 0 aliphatic rings. The first-order valence-electron chi connectivity index (χ1n) is 7.17. The van der Waals surface area contributed by atoms with Crippen molar-refractivity contribution in [3.63, 3.8) is 0 Å². The fraction of sp³-hybridized carbons (Fsp3) is 0.167. The lowest BCUT2D eigenvalue weighted by Crippen LogP contribution is -2.41. The highest BCUT2D eigenvalue weighted by atomic mass is 19.1. The Labute approximate surface area is 130 Å². The Morgan fingerprint density at radius 2 is 1.95 bits per heavy atom. The second-order valence-electron chi connectivity index (χ2n) is 4.94. The first-order valence-corrected chi connectivity index (χ1v) is 7.17. The molecule has 1 amide bonds. The molecule has 0 saturated carbocycles. The van der Waals surface area contributed by atoms with Gasteiger partial charge in [0.2, 0.25) is 0 Å². The van der Waals surface area contributed by atoms with Gasteiger partial charge in [-0.05, 0) is 49.8 Å². The zero-order valence-electron chi connectivity index (χ0n) is 12.7. The molecule has 0 radical (unpaired) electrons. The van der Waals surface area contributed by atoms with Crippen LogP contribution in [0.25, 0.3) is 6.08 Å². The number of nitrogens with zero attached hydrogens (tertiary/aromatic N) is 1. The second kappa shape index (κ2) is 7.41. The third-order valence-corrected chi connectivity index (χ3v) is 3.18. The Morgan fingerprint density at radius 1 is 1.23 bits per heavy atom. The summed E-state index contributed by atoms with van der Waals surface area (Å²) in [5.41, 5.74) is 5.53. The molecular formula is C18H19FN2O. The molecule has 0 saturated heterocycles. The smallest absolute Gasteiger partial charge is 0.262 e. The van der Waals surface area contributed by atoms with Crippen molar-refractivity contribution in [2.24, 2.45) is 0 Å². The van der Waals surface area contributed by atoms with Gasteiger partial charge in [-0.2, -0.15) is 0 Å². The third kappa shape index (κ3) is 4.45. The number of carbonyl (C=O) groups excluding carboxylic acids is 1. The molecule has 0 unspecified atom stereocenters. The minimum atomic E-state index is -0.322. The Morgan fingerprint density at radius 3 is 2.59 bits per heavy atom. The molecule has 0 atom stereocenters. The maximum absolute atomic E-state index is 13.1. The van der Waals surface area contributed by atoms with Crippen LogP contribution in [0.3, 0.4) is 0 Å². The normalized spacial score (nSPS) is 10.7. The van der Waals surface area contributed by atoms with E-state index in [2.05, 4.69) is 5.43 Å². The number of hydrogen-bond donors (Lipinski definition) is 1. The summed E-state index contributed by atoms with van der Waals surface area (Å²) < 4.78 is 13.1. The van der Waals surface area contributed by atoms with E-state index in [1.54, 1.807) is 23.2 Å². The van der Waals surface area contributed by atoms with E-state index in [1.165, 1.54) is 18.2 Å². The van der Waals surface area contributed by atoms with Crippen molar-refractivity contribution >= 4 is 17.7 Å². The molecule has 0 fully saturated rings. The van der Waals surface area contributed by atoms with Gasteiger partial charge in [0.1, 0.15) is 5.82 Å². The molecule has 2 aromatic carbocycles. The van der Waals surface area contributed by atoms with E-state index in [1.807, 2.05) is 38.1 Å². The van der Waals surface area contributed by atoms with Crippen LogP contribution in [0, 0.1) is 12.7 Å². The van der Waals surface area contributed by atoms with Gasteiger partial charge in [0.05, 0.1) is 5.69 Å². The van der Waals surface area contributed by atoms with Crippen molar-refractivity contribution < 1.29 is 9.18 Å². The molecule has 0 aliphatic carbocycles. The van der Waals surface area contributed by atoms with Crippen molar-refractivity contribution in [3.05, 3.63) is 71.6 Å². The summed E-state index contributed by atoms with van der Waals surface area (Å²) in [5, 5.41) is 1.76. The van der Waals surface area contributed by atoms with E-state index in [0.29, 0.717) is 12.1 Å². The molecule has 0 bridgehead atoms. The van der Waals surface area contributed by atoms with Crippen LogP contribution >= 0.6 is 0 Å². The Hall–Kier alpha value is -2.62. The third-order valence-electron chi connectivity index (χ3n) is 3.18. The number of benzene rings is 2. The minimum Gasteiger partial charge on any atom is -0.286 e. The summed E-state index contributed by atoms with van der Waals surface area (Å²) in [6.45, 7) is 4.61. The molecule has 114 valence electrons. The van der Waals surface area contributed by atoms with Crippen molar-refractivity contribution in [2.45, 2.75) is 13.8 Å². The van der Waals surface area contributed by atoms with Crippen molar-refractivity contribution in [1.82, 2.24) is 5.43 Å². The van der Waals surface area contributed by atoms with Crippen molar-refractivity contribution in [3.8, 4) is 0 Å². The van der Waals surface area contributed by atoms with Gasteiger partial charge >= 0.3 is 0 Å². The maximum Gasteiger partial charge on any atom is 0.262 e. The number of amides is 1. The molecule has 1 N–H and O–H groups in total.